The van der Waals surface area contributed by atoms with Crippen molar-refractivity contribution in [3.8, 4) is 0 Å². The van der Waals surface area contributed by atoms with Crippen LogP contribution >= 0.6 is 0 Å². The smallest absolute Gasteiger partial charge is 0.339 e. The number of nitrogens with zero attached hydrogens (tertiary/aromatic N) is 1. The zero-order valence-electron chi connectivity index (χ0n) is 17.4. The van der Waals surface area contributed by atoms with Crippen LogP contribution in [0.1, 0.15) is 74.1 Å². The Morgan fingerprint density at radius 3 is 2.43 bits per heavy atom. The summed E-state index contributed by atoms with van der Waals surface area (Å²) < 4.78 is 12.1. The van der Waals surface area contributed by atoms with Crippen LogP contribution < -0.4 is 5.32 Å². The van der Waals surface area contributed by atoms with Crippen molar-refractivity contribution >= 4 is 17.8 Å². The molecule has 28 heavy (non-hydrogen) atoms. The van der Waals surface area contributed by atoms with E-state index in [0.29, 0.717) is 11.3 Å². The van der Waals surface area contributed by atoms with Gasteiger partial charge in [-0.3, -0.25) is 9.59 Å². The molecule has 0 saturated heterocycles. The van der Waals surface area contributed by atoms with Crippen LogP contribution in [0.5, 0.6) is 0 Å². The largest absolute Gasteiger partial charge is 0.462 e. The van der Waals surface area contributed by atoms with E-state index in [9.17, 15) is 14.4 Å². The number of aromatic nitrogens is 1. The molecule has 1 aliphatic rings. The maximum Gasteiger partial charge on any atom is 0.339 e. The molecule has 1 N–H and O–H groups in total. The number of rotatable bonds is 7. The average Bonchev–Trinajstić information content (AvgIpc) is 2.82. The van der Waals surface area contributed by atoms with Crippen molar-refractivity contribution < 1.29 is 23.9 Å². The first-order chi connectivity index (χ1) is 13.3. The number of ether oxygens (including phenoxy) is 2. The predicted molar refractivity (Wildman–Crippen MR) is 105 cm³/mol. The van der Waals surface area contributed by atoms with Gasteiger partial charge in [0.25, 0.3) is 5.91 Å². The highest BCUT2D eigenvalue weighted by molar-refractivity contribution is 5.91. The number of amides is 1. The number of carbonyl (C=O) groups excluding carboxylic acids is 3. The van der Waals surface area contributed by atoms with Gasteiger partial charge in [0.05, 0.1) is 12.2 Å². The van der Waals surface area contributed by atoms with Gasteiger partial charge in [-0.1, -0.05) is 25.7 Å². The summed E-state index contributed by atoms with van der Waals surface area (Å²) in [6, 6.07) is 1.86. The van der Waals surface area contributed by atoms with E-state index >= 15 is 0 Å². The molecule has 0 unspecified atom stereocenters. The van der Waals surface area contributed by atoms with Crippen molar-refractivity contribution in [2.24, 2.45) is 0 Å². The van der Waals surface area contributed by atoms with Gasteiger partial charge in [-0.05, 0) is 46.6 Å². The summed E-state index contributed by atoms with van der Waals surface area (Å²) in [5.41, 5.74) is 1.84. The Hall–Kier alpha value is -2.31. The Morgan fingerprint density at radius 2 is 1.82 bits per heavy atom. The minimum Gasteiger partial charge on any atom is -0.462 e. The van der Waals surface area contributed by atoms with Crippen molar-refractivity contribution in [2.75, 3.05) is 6.61 Å². The van der Waals surface area contributed by atoms with E-state index < -0.39 is 18.0 Å². The van der Waals surface area contributed by atoms with Crippen LogP contribution in [-0.2, 0) is 25.6 Å². The highest BCUT2D eigenvalue weighted by atomic mass is 16.5. The minimum atomic E-state index is -0.851. The Labute approximate surface area is 166 Å². The molecule has 1 atom stereocenters. The molecule has 1 heterocycles. The fraction of sp³-hybridized carbons (Fsp3) is 0.667. The molecule has 1 saturated carbocycles. The summed E-state index contributed by atoms with van der Waals surface area (Å²) in [6.07, 6.45) is 5.76. The molecule has 1 fully saturated rings. The van der Waals surface area contributed by atoms with Gasteiger partial charge in [0, 0.05) is 17.4 Å². The molecule has 0 aromatic carbocycles. The van der Waals surface area contributed by atoms with Crippen molar-refractivity contribution in [1.29, 1.82) is 0 Å². The Balaban J connectivity index is 1.92. The van der Waals surface area contributed by atoms with Crippen molar-refractivity contribution in [1.82, 2.24) is 9.88 Å². The third-order valence-corrected chi connectivity index (χ3v) is 5.24. The standard InChI is InChI=1S/C21H32N2O5/c1-5-27-21(26)18-12-14(2)23(15(18)3)13-19(24)28-16(4)20(25)22-17-10-8-6-7-9-11-17/h12,16-17H,5-11,13H2,1-4H3,(H,22,25)/t16-/m1/s1. The maximum atomic E-state index is 12.4. The predicted octanol–water partition coefficient (Wildman–Crippen LogP) is 3.05. The summed E-state index contributed by atoms with van der Waals surface area (Å²) in [4.78, 5) is 36.7. The fourth-order valence-electron chi connectivity index (χ4n) is 3.62. The molecule has 1 aromatic heterocycles. The number of esters is 2. The number of hydrogen-bond donors (Lipinski definition) is 1. The highest BCUT2D eigenvalue weighted by Gasteiger charge is 2.23. The number of carbonyl (C=O) groups is 3. The summed E-state index contributed by atoms with van der Waals surface area (Å²) in [5.74, 6) is -1.18. The lowest BCUT2D eigenvalue weighted by Gasteiger charge is -2.20. The van der Waals surface area contributed by atoms with Crippen LogP contribution in [0, 0.1) is 13.8 Å². The second kappa shape index (κ2) is 10.3. The van der Waals surface area contributed by atoms with E-state index in [-0.39, 0.29) is 25.1 Å². The lowest BCUT2D eigenvalue weighted by Crippen LogP contribution is -2.42. The van der Waals surface area contributed by atoms with Crippen LogP contribution in [0.15, 0.2) is 6.07 Å². The van der Waals surface area contributed by atoms with Crippen molar-refractivity contribution in [3.05, 3.63) is 23.0 Å². The molecule has 0 radical (unpaired) electrons. The van der Waals surface area contributed by atoms with Gasteiger partial charge in [0.1, 0.15) is 6.54 Å². The van der Waals surface area contributed by atoms with Crippen LogP contribution in [0.25, 0.3) is 0 Å². The van der Waals surface area contributed by atoms with Gasteiger partial charge >= 0.3 is 11.9 Å². The molecule has 1 aromatic rings. The Kier molecular flexibility index (Phi) is 8.08. The second-order valence-electron chi connectivity index (χ2n) is 7.42. The van der Waals surface area contributed by atoms with Gasteiger partial charge < -0.3 is 19.4 Å². The van der Waals surface area contributed by atoms with E-state index in [1.807, 2.05) is 6.92 Å². The molecule has 0 aliphatic heterocycles. The summed E-state index contributed by atoms with van der Waals surface area (Å²) in [7, 11) is 0. The van der Waals surface area contributed by atoms with E-state index in [4.69, 9.17) is 9.47 Å². The topological polar surface area (TPSA) is 86.6 Å². The Bertz CT molecular complexity index is 702. The van der Waals surface area contributed by atoms with E-state index in [1.54, 1.807) is 31.4 Å². The third-order valence-electron chi connectivity index (χ3n) is 5.24. The van der Waals surface area contributed by atoms with Crippen LogP contribution in [0.4, 0.5) is 0 Å². The molecule has 156 valence electrons. The van der Waals surface area contributed by atoms with Crippen LogP contribution in [-0.4, -0.2) is 41.2 Å². The molecule has 1 aliphatic carbocycles. The lowest BCUT2D eigenvalue weighted by atomic mass is 10.1. The normalized spacial score (nSPS) is 16.1. The zero-order valence-corrected chi connectivity index (χ0v) is 17.4. The highest BCUT2D eigenvalue weighted by Crippen LogP contribution is 2.18. The van der Waals surface area contributed by atoms with Gasteiger partial charge in [-0.2, -0.15) is 0 Å². The molecular formula is C21H32N2O5. The van der Waals surface area contributed by atoms with E-state index in [1.165, 1.54) is 12.8 Å². The summed E-state index contributed by atoms with van der Waals surface area (Å²) in [6.45, 7) is 7.13. The van der Waals surface area contributed by atoms with Gasteiger partial charge in [-0.15, -0.1) is 0 Å². The first-order valence-electron chi connectivity index (χ1n) is 10.2. The zero-order chi connectivity index (χ0) is 20.7. The first-order valence-corrected chi connectivity index (χ1v) is 10.2. The minimum absolute atomic E-state index is 0.0574. The van der Waals surface area contributed by atoms with E-state index in [0.717, 1.165) is 31.4 Å². The maximum absolute atomic E-state index is 12.4. The average molecular weight is 392 g/mol. The molecule has 7 nitrogen and oxygen atoms in total. The third kappa shape index (κ3) is 5.84. The summed E-state index contributed by atoms with van der Waals surface area (Å²) >= 11 is 0. The fourth-order valence-corrected chi connectivity index (χ4v) is 3.62. The lowest BCUT2D eigenvalue weighted by molar-refractivity contribution is -0.155. The molecule has 2 rings (SSSR count). The monoisotopic (exact) mass is 392 g/mol. The molecule has 0 bridgehead atoms. The Morgan fingerprint density at radius 1 is 1.18 bits per heavy atom. The number of nitrogens with one attached hydrogen (secondary N) is 1. The molecular weight excluding hydrogens is 360 g/mol. The SMILES string of the molecule is CCOC(=O)c1cc(C)n(CC(=O)O[C@H](C)C(=O)NC2CCCCCC2)c1C. The van der Waals surface area contributed by atoms with Gasteiger partial charge in [0.15, 0.2) is 6.10 Å². The molecule has 0 spiro atoms. The number of hydrogen-bond acceptors (Lipinski definition) is 5. The summed E-state index contributed by atoms with van der Waals surface area (Å²) in [5, 5.41) is 3.00. The van der Waals surface area contributed by atoms with Crippen LogP contribution in [0.3, 0.4) is 0 Å². The first kappa shape index (κ1) is 22.0. The van der Waals surface area contributed by atoms with Crippen molar-refractivity contribution in [3.63, 3.8) is 0 Å². The van der Waals surface area contributed by atoms with Gasteiger partial charge in [0.2, 0.25) is 0 Å². The molecule has 7 heteroatoms. The number of aryl methyl sites for hydroxylation is 1. The quantitative estimate of drug-likeness (QED) is 0.569. The van der Waals surface area contributed by atoms with Crippen molar-refractivity contribution in [2.45, 2.75) is 84.9 Å². The van der Waals surface area contributed by atoms with Gasteiger partial charge in [-0.25, -0.2) is 4.79 Å². The van der Waals surface area contributed by atoms with E-state index in [2.05, 4.69) is 5.32 Å². The molecule has 1 amide bonds. The van der Waals surface area contributed by atoms with Crippen LogP contribution in [0.2, 0.25) is 0 Å². The second-order valence-corrected chi connectivity index (χ2v) is 7.42.